The lowest BCUT2D eigenvalue weighted by Crippen LogP contribution is -1.49. The molecule has 0 N–H and O–H groups in total. The Morgan fingerprint density at radius 1 is 1.60 bits per heavy atom. The molecule has 0 nitrogen and oxygen atoms in total. The van der Waals surface area contributed by atoms with Gasteiger partial charge in [0.2, 0.25) is 0 Å². The standard InChI is InChI=1S/C2H6S3/c1-3-5-4-2/h1-2H3/p+1. The summed E-state index contributed by atoms with van der Waals surface area (Å²) in [6.07, 6.45) is 4.21. The maximum atomic E-state index is 2.13. The predicted molar refractivity (Wildman–Crippen MR) is 35.8 cm³/mol. The third-order valence-electron chi connectivity index (χ3n) is 0.149. The fourth-order valence-electron chi connectivity index (χ4n) is 0.0745. The molecule has 3 heteroatoms. The van der Waals surface area contributed by atoms with Crippen LogP contribution in [0.4, 0.5) is 0 Å². The number of hydrogen-bond acceptors (Lipinski definition) is 2. The van der Waals surface area contributed by atoms with Gasteiger partial charge in [0.1, 0.15) is 6.26 Å². The first-order valence-electron chi connectivity index (χ1n) is 1.20. The lowest BCUT2D eigenvalue weighted by atomic mass is 12.0. The Morgan fingerprint density at radius 3 is 2.20 bits per heavy atom. The van der Waals surface area contributed by atoms with Crippen molar-refractivity contribution in [2.75, 3.05) is 12.5 Å². The monoisotopic (exact) mass is 127 g/mol. The van der Waals surface area contributed by atoms with Gasteiger partial charge in [0.25, 0.3) is 0 Å². The van der Waals surface area contributed by atoms with Gasteiger partial charge in [-0.25, -0.2) is 0 Å². The van der Waals surface area contributed by atoms with E-state index in [1.807, 2.05) is 9.83 Å². The summed E-state index contributed by atoms with van der Waals surface area (Å²) in [5.41, 5.74) is 0. The molecule has 0 bridgehead atoms. The van der Waals surface area contributed by atoms with Crippen LogP contribution < -0.4 is 0 Å². The van der Waals surface area contributed by atoms with Crippen molar-refractivity contribution in [3.8, 4) is 0 Å². The SMILES string of the molecule is CSS[SH+]C. The minimum atomic E-state index is 1.41. The zero-order valence-electron chi connectivity index (χ0n) is 3.26. The van der Waals surface area contributed by atoms with E-state index in [4.69, 9.17) is 0 Å². The fourth-order valence-corrected chi connectivity index (χ4v) is 2.01. The fraction of sp³-hybridized carbons (Fsp3) is 1.00. The van der Waals surface area contributed by atoms with Gasteiger partial charge >= 0.3 is 0 Å². The lowest BCUT2D eigenvalue weighted by Gasteiger charge is -1.67. The van der Waals surface area contributed by atoms with Crippen LogP contribution in [-0.2, 0) is 10.8 Å². The third kappa shape index (κ3) is 5.05. The summed E-state index contributed by atoms with van der Waals surface area (Å²) in [7, 11) is 5.07. The van der Waals surface area contributed by atoms with Crippen molar-refractivity contribution in [1.82, 2.24) is 0 Å². The highest BCUT2D eigenvalue weighted by molar-refractivity contribution is 9.03. The minimum Gasteiger partial charge on any atom is -0.0417 e. The second kappa shape index (κ2) is 5.05. The second-order valence-electron chi connectivity index (χ2n) is 0.424. The highest BCUT2D eigenvalue weighted by Gasteiger charge is 1.80. The summed E-state index contributed by atoms with van der Waals surface area (Å²) in [5.74, 6) is 0. The van der Waals surface area contributed by atoms with Crippen molar-refractivity contribution in [2.45, 2.75) is 0 Å². The number of rotatable bonds is 2. The van der Waals surface area contributed by atoms with Crippen LogP contribution in [0.2, 0.25) is 0 Å². The first-order chi connectivity index (χ1) is 2.41. The Hall–Kier alpha value is 1.05. The Bertz CT molecular complexity index is 12.4. The molecule has 0 aromatic rings. The van der Waals surface area contributed by atoms with Crippen LogP contribution in [0, 0.1) is 0 Å². The molecule has 0 fully saturated rings. The van der Waals surface area contributed by atoms with Crippen LogP contribution in [0.1, 0.15) is 0 Å². The van der Waals surface area contributed by atoms with E-state index in [-0.39, 0.29) is 0 Å². The van der Waals surface area contributed by atoms with E-state index >= 15 is 0 Å². The van der Waals surface area contributed by atoms with Crippen LogP contribution in [0.3, 0.4) is 0 Å². The van der Waals surface area contributed by atoms with E-state index < -0.39 is 0 Å². The van der Waals surface area contributed by atoms with E-state index in [9.17, 15) is 0 Å². The predicted octanol–water partition coefficient (Wildman–Crippen LogP) is 1.36. The van der Waals surface area contributed by atoms with Crippen LogP contribution in [0.5, 0.6) is 0 Å². The van der Waals surface area contributed by atoms with Gasteiger partial charge in [0, 0.05) is 0 Å². The molecule has 0 amide bonds. The summed E-state index contributed by atoms with van der Waals surface area (Å²) in [5, 5.41) is 0. The first kappa shape index (κ1) is 6.05. The molecule has 0 heterocycles. The third-order valence-corrected chi connectivity index (χ3v) is 4.02. The molecule has 0 spiro atoms. The van der Waals surface area contributed by atoms with Crippen molar-refractivity contribution < 1.29 is 0 Å². The smallest absolute Gasteiger partial charge is 0.0417 e. The molecule has 0 saturated heterocycles. The van der Waals surface area contributed by atoms with E-state index in [0.29, 0.717) is 0 Å². The molecule has 5 heavy (non-hydrogen) atoms. The van der Waals surface area contributed by atoms with Crippen LogP contribution in [-0.4, -0.2) is 12.5 Å². The van der Waals surface area contributed by atoms with Crippen molar-refractivity contribution >= 4 is 31.4 Å². The average molecular weight is 127 g/mol. The van der Waals surface area contributed by atoms with Gasteiger partial charge in [-0.2, -0.15) is 0 Å². The number of thiol groups is 1. The molecule has 0 rings (SSSR count). The van der Waals surface area contributed by atoms with Crippen molar-refractivity contribution in [1.29, 1.82) is 0 Å². The van der Waals surface area contributed by atoms with Gasteiger partial charge in [-0.15, -0.1) is 0 Å². The molecule has 0 aliphatic carbocycles. The summed E-state index contributed by atoms with van der Waals surface area (Å²) in [6, 6.07) is 0. The quantitative estimate of drug-likeness (QED) is 0.312. The normalized spacial score (nSPS) is 8.40. The molecular formula is C2H7S3+. The van der Waals surface area contributed by atoms with E-state index in [1.54, 1.807) is 10.8 Å². The van der Waals surface area contributed by atoms with Gasteiger partial charge in [-0.3, -0.25) is 0 Å². The van der Waals surface area contributed by atoms with Gasteiger partial charge < -0.3 is 0 Å². The van der Waals surface area contributed by atoms with Crippen molar-refractivity contribution in [3.05, 3.63) is 0 Å². The molecule has 0 aliphatic rings. The Kier molecular flexibility index (Phi) is 6.11. The highest BCUT2D eigenvalue weighted by Crippen LogP contribution is 2.15. The summed E-state index contributed by atoms with van der Waals surface area (Å²) in [4.78, 5) is 0. The molecule has 0 aromatic heterocycles. The van der Waals surface area contributed by atoms with Crippen molar-refractivity contribution in [2.24, 2.45) is 0 Å². The molecular weight excluding hydrogens is 120 g/mol. The van der Waals surface area contributed by atoms with Crippen LogP contribution >= 0.6 is 20.6 Å². The summed E-state index contributed by atoms with van der Waals surface area (Å²) >= 11 is 0. The lowest BCUT2D eigenvalue weighted by molar-refractivity contribution is 2.53. The molecule has 0 saturated carbocycles. The van der Waals surface area contributed by atoms with Crippen LogP contribution in [0.15, 0.2) is 0 Å². The second-order valence-corrected chi connectivity index (χ2v) is 5.16. The highest BCUT2D eigenvalue weighted by atomic mass is 33.5. The van der Waals surface area contributed by atoms with Crippen LogP contribution in [0.25, 0.3) is 0 Å². The van der Waals surface area contributed by atoms with Gasteiger partial charge in [-0.1, -0.05) is 0 Å². The largest absolute Gasteiger partial charge is 0.159 e. The van der Waals surface area contributed by atoms with Crippen molar-refractivity contribution in [3.63, 3.8) is 0 Å². The molecule has 0 aliphatic heterocycles. The van der Waals surface area contributed by atoms with Gasteiger partial charge in [-0.05, 0) is 17.0 Å². The zero-order valence-corrected chi connectivity index (χ0v) is 5.79. The topological polar surface area (TPSA) is 0 Å². The zero-order chi connectivity index (χ0) is 4.12. The average Bonchev–Trinajstić information content (AvgIpc) is 1.41. The molecule has 0 aromatic carbocycles. The Morgan fingerprint density at radius 2 is 2.20 bits per heavy atom. The number of hydrogen-bond donors (Lipinski definition) is 0. The first-order valence-corrected chi connectivity index (χ1v) is 5.71. The minimum absolute atomic E-state index is 1.41. The molecule has 0 atom stereocenters. The van der Waals surface area contributed by atoms with E-state index in [0.717, 1.165) is 0 Å². The molecule has 0 radical (unpaired) electrons. The van der Waals surface area contributed by atoms with E-state index in [2.05, 4.69) is 12.5 Å². The Labute approximate surface area is 44.3 Å². The van der Waals surface area contributed by atoms with Gasteiger partial charge in [0.15, 0.2) is 9.83 Å². The maximum absolute atomic E-state index is 2.13. The van der Waals surface area contributed by atoms with Gasteiger partial charge in [0.05, 0.1) is 10.8 Å². The maximum Gasteiger partial charge on any atom is 0.159 e. The Balaban J connectivity index is 2.19. The summed E-state index contributed by atoms with van der Waals surface area (Å²) in [6.45, 7) is 0. The van der Waals surface area contributed by atoms with E-state index in [1.165, 1.54) is 10.8 Å². The molecule has 32 valence electrons. The summed E-state index contributed by atoms with van der Waals surface area (Å²) < 4.78 is 0. The molecule has 0 unspecified atom stereocenters.